The second-order valence-electron chi connectivity index (χ2n) is 5.61. The fraction of sp³-hybridized carbons (Fsp3) is 0.294. The number of amides is 2. The monoisotopic (exact) mass is 420 g/mol. The van der Waals surface area contributed by atoms with Crippen LogP contribution in [0.25, 0.3) is 0 Å². The molecule has 1 aliphatic rings. The SMILES string of the molecule is Cl.Cl.O=C(Nc1ccc(F)cc1F)N1CCNCC1COc1cccnc1. The van der Waals surface area contributed by atoms with E-state index in [2.05, 4.69) is 15.6 Å². The third-order valence-electron chi connectivity index (χ3n) is 3.86. The number of pyridine rings is 1. The molecule has 2 aromatic rings. The first-order valence-electron chi connectivity index (χ1n) is 7.89. The molecule has 6 nitrogen and oxygen atoms in total. The van der Waals surface area contributed by atoms with Crippen LogP contribution in [0.15, 0.2) is 42.7 Å². The molecule has 1 aromatic carbocycles. The molecule has 10 heteroatoms. The molecule has 1 fully saturated rings. The summed E-state index contributed by atoms with van der Waals surface area (Å²) in [7, 11) is 0. The minimum Gasteiger partial charge on any atom is -0.490 e. The highest BCUT2D eigenvalue weighted by Crippen LogP contribution is 2.17. The molecule has 2 amide bonds. The summed E-state index contributed by atoms with van der Waals surface area (Å²) in [5, 5.41) is 5.68. The third kappa shape index (κ3) is 6.20. The van der Waals surface area contributed by atoms with E-state index < -0.39 is 17.7 Å². The topological polar surface area (TPSA) is 66.5 Å². The summed E-state index contributed by atoms with van der Waals surface area (Å²) in [6, 6.07) is 5.89. The Labute approximate surface area is 168 Å². The van der Waals surface area contributed by atoms with Gasteiger partial charge in [-0.3, -0.25) is 4.98 Å². The Morgan fingerprint density at radius 1 is 1.33 bits per heavy atom. The molecule has 27 heavy (non-hydrogen) atoms. The van der Waals surface area contributed by atoms with Crippen LogP contribution < -0.4 is 15.4 Å². The minimum absolute atomic E-state index is 0. The van der Waals surface area contributed by atoms with E-state index in [1.165, 1.54) is 6.07 Å². The van der Waals surface area contributed by atoms with Crippen molar-refractivity contribution in [2.45, 2.75) is 6.04 Å². The van der Waals surface area contributed by atoms with Gasteiger partial charge in [-0.05, 0) is 24.3 Å². The number of anilines is 1. The second kappa shape index (κ2) is 10.9. The molecule has 0 aliphatic carbocycles. The molecule has 1 aliphatic heterocycles. The van der Waals surface area contributed by atoms with Crippen LogP contribution >= 0.6 is 24.8 Å². The van der Waals surface area contributed by atoms with Gasteiger partial charge in [-0.15, -0.1) is 24.8 Å². The fourth-order valence-corrected chi connectivity index (χ4v) is 2.58. The van der Waals surface area contributed by atoms with Crippen molar-refractivity contribution in [3.8, 4) is 5.75 Å². The van der Waals surface area contributed by atoms with Crippen molar-refractivity contribution >= 4 is 36.5 Å². The Hall–Kier alpha value is -2.16. The number of nitrogens with zero attached hydrogens (tertiary/aromatic N) is 2. The van der Waals surface area contributed by atoms with E-state index in [0.717, 1.165) is 12.1 Å². The Balaban J connectivity index is 0.00000182. The van der Waals surface area contributed by atoms with Gasteiger partial charge in [0, 0.05) is 31.9 Å². The maximum atomic E-state index is 13.7. The molecule has 0 bridgehead atoms. The first-order valence-corrected chi connectivity index (χ1v) is 7.89. The second-order valence-corrected chi connectivity index (χ2v) is 5.61. The zero-order chi connectivity index (χ0) is 17.6. The predicted octanol–water partition coefficient (Wildman–Crippen LogP) is 3.09. The van der Waals surface area contributed by atoms with E-state index in [-0.39, 0.29) is 43.2 Å². The lowest BCUT2D eigenvalue weighted by Gasteiger charge is -2.35. The van der Waals surface area contributed by atoms with Crippen LogP contribution in [0.2, 0.25) is 0 Å². The van der Waals surface area contributed by atoms with Crippen molar-refractivity contribution in [3.63, 3.8) is 0 Å². The van der Waals surface area contributed by atoms with E-state index in [1.807, 2.05) is 0 Å². The summed E-state index contributed by atoms with van der Waals surface area (Å²) in [6.45, 7) is 1.91. The summed E-state index contributed by atoms with van der Waals surface area (Å²) in [5.41, 5.74) is -0.0585. The molecule has 1 aromatic heterocycles. The number of urea groups is 1. The molecule has 148 valence electrons. The van der Waals surface area contributed by atoms with Crippen LogP contribution in [-0.2, 0) is 0 Å². The van der Waals surface area contributed by atoms with Crippen molar-refractivity contribution in [2.75, 3.05) is 31.6 Å². The maximum absolute atomic E-state index is 13.7. The molecule has 1 saturated heterocycles. The predicted molar refractivity (Wildman–Crippen MR) is 103 cm³/mol. The Morgan fingerprint density at radius 2 is 2.15 bits per heavy atom. The molecule has 2 heterocycles. The van der Waals surface area contributed by atoms with Crippen LogP contribution in [-0.4, -0.2) is 48.2 Å². The van der Waals surface area contributed by atoms with Crippen molar-refractivity contribution in [1.82, 2.24) is 15.2 Å². The van der Waals surface area contributed by atoms with Crippen molar-refractivity contribution in [1.29, 1.82) is 0 Å². The number of carbonyl (C=O) groups excluding carboxylic acids is 1. The normalized spacial score (nSPS) is 15.9. The Kier molecular flexibility index (Phi) is 9.20. The number of benzene rings is 1. The summed E-state index contributed by atoms with van der Waals surface area (Å²) in [5.74, 6) is -0.898. The number of hydrogen-bond acceptors (Lipinski definition) is 4. The summed E-state index contributed by atoms with van der Waals surface area (Å²) >= 11 is 0. The van der Waals surface area contributed by atoms with Crippen molar-refractivity contribution < 1.29 is 18.3 Å². The molecule has 1 unspecified atom stereocenters. The van der Waals surface area contributed by atoms with E-state index in [4.69, 9.17) is 4.74 Å². The van der Waals surface area contributed by atoms with Crippen LogP contribution in [0.3, 0.4) is 0 Å². The lowest BCUT2D eigenvalue weighted by atomic mass is 10.2. The smallest absolute Gasteiger partial charge is 0.322 e. The van der Waals surface area contributed by atoms with Gasteiger partial charge in [0.1, 0.15) is 24.0 Å². The minimum atomic E-state index is -0.813. The van der Waals surface area contributed by atoms with Crippen LogP contribution in [0, 0.1) is 11.6 Å². The molecule has 0 saturated carbocycles. The number of carbonyl (C=O) groups is 1. The maximum Gasteiger partial charge on any atom is 0.322 e. The highest BCUT2D eigenvalue weighted by Gasteiger charge is 2.27. The number of piperazine rings is 1. The quantitative estimate of drug-likeness (QED) is 0.797. The van der Waals surface area contributed by atoms with Gasteiger partial charge < -0.3 is 20.3 Å². The fourth-order valence-electron chi connectivity index (χ4n) is 2.58. The van der Waals surface area contributed by atoms with Gasteiger partial charge in [-0.1, -0.05) is 0 Å². The van der Waals surface area contributed by atoms with Crippen molar-refractivity contribution in [2.24, 2.45) is 0 Å². The molecule has 1 atom stereocenters. The van der Waals surface area contributed by atoms with Gasteiger partial charge in [-0.25, -0.2) is 13.6 Å². The summed E-state index contributed by atoms with van der Waals surface area (Å²) in [4.78, 5) is 18.0. The number of halogens is 4. The molecule has 0 spiro atoms. The molecular formula is C17H20Cl2F2N4O2. The van der Waals surface area contributed by atoms with Crippen LogP contribution in [0.4, 0.5) is 19.3 Å². The number of hydrogen-bond donors (Lipinski definition) is 2. The average Bonchev–Trinajstić information content (AvgIpc) is 2.63. The third-order valence-corrected chi connectivity index (χ3v) is 3.86. The van der Waals surface area contributed by atoms with Gasteiger partial charge in [0.2, 0.25) is 0 Å². The molecule has 2 N–H and O–H groups in total. The number of aromatic nitrogens is 1. The van der Waals surface area contributed by atoms with E-state index in [1.54, 1.807) is 29.4 Å². The highest BCUT2D eigenvalue weighted by atomic mass is 35.5. The number of rotatable bonds is 4. The van der Waals surface area contributed by atoms with E-state index in [9.17, 15) is 13.6 Å². The zero-order valence-electron chi connectivity index (χ0n) is 14.2. The highest BCUT2D eigenvalue weighted by molar-refractivity contribution is 5.89. The van der Waals surface area contributed by atoms with Crippen LogP contribution in [0.5, 0.6) is 5.75 Å². The van der Waals surface area contributed by atoms with Gasteiger partial charge in [0.25, 0.3) is 0 Å². The summed E-state index contributed by atoms with van der Waals surface area (Å²) in [6.07, 6.45) is 3.24. The van der Waals surface area contributed by atoms with Crippen LogP contribution in [0.1, 0.15) is 0 Å². The number of nitrogens with one attached hydrogen (secondary N) is 2. The largest absolute Gasteiger partial charge is 0.490 e. The van der Waals surface area contributed by atoms with Gasteiger partial charge >= 0.3 is 6.03 Å². The lowest BCUT2D eigenvalue weighted by molar-refractivity contribution is 0.132. The van der Waals surface area contributed by atoms with Gasteiger partial charge in [-0.2, -0.15) is 0 Å². The molecule has 0 radical (unpaired) electrons. The first kappa shape index (κ1) is 22.9. The van der Waals surface area contributed by atoms with Crippen molar-refractivity contribution in [3.05, 3.63) is 54.4 Å². The summed E-state index contributed by atoms with van der Waals surface area (Å²) < 4.78 is 32.4. The lowest BCUT2D eigenvalue weighted by Crippen LogP contribution is -2.57. The van der Waals surface area contributed by atoms with Gasteiger partial charge in [0.15, 0.2) is 0 Å². The Morgan fingerprint density at radius 3 is 2.85 bits per heavy atom. The standard InChI is InChI=1S/C17H18F2N4O2.2ClH/c18-12-3-4-16(15(19)8-12)22-17(24)23-7-6-21-9-13(23)11-25-14-2-1-5-20-10-14;;/h1-5,8,10,13,21H,6-7,9,11H2,(H,22,24);2*1H. The van der Waals surface area contributed by atoms with E-state index in [0.29, 0.717) is 25.4 Å². The van der Waals surface area contributed by atoms with E-state index >= 15 is 0 Å². The zero-order valence-corrected chi connectivity index (χ0v) is 15.9. The van der Waals surface area contributed by atoms with Gasteiger partial charge in [0.05, 0.1) is 17.9 Å². The first-order chi connectivity index (χ1) is 12.1. The number of ether oxygens (including phenoxy) is 1. The Bertz CT molecular complexity index is 740. The average molecular weight is 421 g/mol. The molecule has 3 rings (SSSR count). The molecular weight excluding hydrogens is 401 g/mol.